The molecule has 1 heterocycles. The molecule has 20 heavy (non-hydrogen) atoms. The van der Waals surface area contributed by atoms with E-state index in [0.29, 0.717) is 12.2 Å². The van der Waals surface area contributed by atoms with Crippen LogP contribution in [0.15, 0.2) is 42.5 Å². The second kappa shape index (κ2) is 6.38. The van der Waals surface area contributed by atoms with Gasteiger partial charge in [-0.15, -0.1) is 0 Å². The molecule has 2 aromatic rings. The number of rotatable bonds is 5. The molecule has 0 amide bonds. The third kappa shape index (κ3) is 3.02. The van der Waals surface area contributed by atoms with Crippen LogP contribution in [0.3, 0.4) is 0 Å². The van der Waals surface area contributed by atoms with Crippen molar-refractivity contribution in [2.45, 2.75) is 44.3 Å². The van der Waals surface area contributed by atoms with E-state index in [-0.39, 0.29) is 0 Å². The van der Waals surface area contributed by atoms with Gasteiger partial charge >= 0.3 is 0 Å². The Labute approximate surface area is 120 Å². The van der Waals surface area contributed by atoms with E-state index in [0.717, 1.165) is 25.8 Å². The summed E-state index contributed by atoms with van der Waals surface area (Å²) in [5.74, 6) is 0. The molecule has 3 rings (SSSR count). The second-order valence-electron chi connectivity index (χ2n) is 5.71. The molecule has 1 aliphatic heterocycles. The van der Waals surface area contributed by atoms with E-state index >= 15 is 0 Å². The van der Waals surface area contributed by atoms with Crippen molar-refractivity contribution in [3.63, 3.8) is 0 Å². The molecule has 1 aliphatic rings. The van der Waals surface area contributed by atoms with Crippen molar-refractivity contribution < 1.29 is 4.74 Å². The van der Waals surface area contributed by atoms with Crippen molar-refractivity contribution in [2.75, 3.05) is 6.54 Å². The number of benzene rings is 2. The van der Waals surface area contributed by atoms with E-state index in [4.69, 9.17) is 10.5 Å². The average Bonchev–Trinajstić information content (AvgIpc) is 2.93. The molecule has 1 unspecified atom stereocenters. The van der Waals surface area contributed by atoms with Crippen LogP contribution in [0, 0.1) is 0 Å². The van der Waals surface area contributed by atoms with E-state index in [9.17, 15) is 0 Å². The van der Waals surface area contributed by atoms with Crippen molar-refractivity contribution in [3.8, 4) is 0 Å². The van der Waals surface area contributed by atoms with Crippen LogP contribution < -0.4 is 5.73 Å². The topological polar surface area (TPSA) is 35.2 Å². The fourth-order valence-corrected chi connectivity index (χ4v) is 3.22. The summed E-state index contributed by atoms with van der Waals surface area (Å²) in [6.07, 6.45) is 6.41. The van der Waals surface area contributed by atoms with E-state index < -0.39 is 0 Å². The van der Waals surface area contributed by atoms with Crippen molar-refractivity contribution in [3.05, 3.63) is 48.0 Å². The van der Waals surface area contributed by atoms with E-state index in [1.54, 1.807) is 0 Å². The zero-order valence-corrected chi connectivity index (χ0v) is 11.9. The molecule has 0 aromatic heterocycles. The smallest absolute Gasteiger partial charge is 0.0591 e. The summed E-state index contributed by atoms with van der Waals surface area (Å²) >= 11 is 0. The van der Waals surface area contributed by atoms with Gasteiger partial charge in [-0.3, -0.25) is 0 Å². The van der Waals surface area contributed by atoms with Gasteiger partial charge < -0.3 is 10.5 Å². The average molecular weight is 269 g/mol. The molecule has 2 aromatic carbocycles. The summed E-state index contributed by atoms with van der Waals surface area (Å²) < 4.78 is 6.06. The lowest BCUT2D eigenvalue weighted by molar-refractivity contribution is 0.0378. The number of nitrogens with two attached hydrogens (primary N) is 1. The van der Waals surface area contributed by atoms with Gasteiger partial charge in [0.25, 0.3) is 0 Å². The molecule has 2 heteroatoms. The van der Waals surface area contributed by atoms with E-state index in [2.05, 4.69) is 42.5 Å². The lowest BCUT2D eigenvalue weighted by atomic mass is 9.99. The molecule has 0 spiro atoms. The number of hydrogen-bond acceptors (Lipinski definition) is 2. The van der Waals surface area contributed by atoms with Gasteiger partial charge in [0.2, 0.25) is 0 Å². The van der Waals surface area contributed by atoms with Gasteiger partial charge in [-0.05, 0) is 55.0 Å². The van der Waals surface area contributed by atoms with Crippen LogP contribution in [0.2, 0.25) is 0 Å². The predicted molar refractivity (Wildman–Crippen MR) is 83.8 cm³/mol. The van der Waals surface area contributed by atoms with Gasteiger partial charge in [-0.25, -0.2) is 0 Å². The first-order chi connectivity index (χ1) is 9.86. The highest BCUT2D eigenvalue weighted by molar-refractivity contribution is 5.85. The van der Waals surface area contributed by atoms with Gasteiger partial charge in [0.05, 0.1) is 12.2 Å². The molecular formula is C18H23NO. The lowest BCUT2D eigenvalue weighted by Gasteiger charge is -2.13. The van der Waals surface area contributed by atoms with Crippen molar-refractivity contribution in [2.24, 2.45) is 5.73 Å². The largest absolute Gasteiger partial charge is 0.375 e. The summed E-state index contributed by atoms with van der Waals surface area (Å²) in [5, 5.41) is 2.71. The Morgan fingerprint density at radius 1 is 0.950 bits per heavy atom. The molecular weight excluding hydrogens is 246 g/mol. The monoisotopic (exact) mass is 269 g/mol. The first-order valence-corrected chi connectivity index (χ1v) is 7.69. The zero-order valence-electron chi connectivity index (χ0n) is 11.9. The summed E-state index contributed by atoms with van der Waals surface area (Å²) in [5.41, 5.74) is 7.04. The first kappa shape index (κ1) is 13.6. The third-order valence-electron chi connectivity index (χ3n) is 4.30. The van der Waals surface area contributed by atoms with Crippen molar-refractivity contribution in [1.82, 2.24) is 0 Å². The highest BCUT2D eigenvalue weighted by Crippen LogP contribution is 2.26. The molecule has 0 aliphatic carbocycles. The molecule has 0 bridgehead atoms. The number of hydrogen-bond donors (Lipinski definition) is 1. The van der Waals surface area contributed by atoms with Crippen LogP contribution >= 0.6 is 0 Å². The zero-order chi connectivity index (χ0) is 13.8. The molecule has 106 valence electrons. The molecule has 2 atom stereocenters. The Morgan fingerprint density at radius 2 is 1.70 bits per heavy atom. The summed E-state index contributed by atoms with van der Waals surface area (Å²) in [6.45, 7) is 0.737. The first-order valence-electron chi connectivity index (χ1n) is 7.69. The lowest BCUT2D eigenvalue weighted by Crippen LogP contribution is -2.15. The number of aryl methyl sites for hydroxylation is 1. The predicted octanol–water partition coefficient (Wildman–Crippen LogP) is 3.67. The standard InChI is InChI=1S/C18H23NO/c19-13-12-17-11-10-16(20-17)9-8-15-6-3-5-14-4-1-2-7-18(14)15/h1-7,16-17H,8-13,19H2/t16?,17-/m1/s1. The van der Waals surface area contributed by atoms with Crippen molar-refractivity contribution in [1.29, 1.82) is 0 Å². The number of ether oxygens (including phenoxy) is 1. The quantitative estimate of drug-likeness (QED) is 0.899. The van der Waals surface area contributed by atoms with Gasteiger partial charge in [-0.1, -0.05) is 42.5 Å². The van der Waals surface area contributed by atoms with Gasteiger partial charge in [0.15, 0.2) is 0 Å². The highest BCUT2D eigenvalue weighted by Gasteiger charge is 2.24. The Bertz CT molecular complexity index is 561. The minimum absolute atomic E-state index is 0.400. The fraction of sp³-hybridized carbons (Fsp3) is 0.444. The molecule has 0 radical (unpaired) electrons. The van der Waals surface area contributed by atoms with Crippen molar-refractivity contribution >= 4 is 10.8 Å². The van der Waals surface area contributed by atoms with Gasteiger partial charge in [0.1, 0.15) is 0 Å². The van der Waals surface area contributed by atoms with Crippen LogP contribution in [-0.4, -0.2) is 18.8 Å². The normalized spacial score (nSPS) is 22.4. The highest BCUT2D eigenvalue weighted by atomic mass is 16.5. The molecule has 2 nitrogen and oxygen atoms in total. The SMILES string of the molecule is NCC[C@H]1CCC(CCc2cccc3ccccc23)O1. The molecule has 1 fully saturated rings. The van der Waals surface area contributed by atoms with Crippen LogP contribution in [0.1, 0.15) is 31.2 Å². The maximum atomic E-state index is 6.06. The minimum Gasteiger partial charge on any atom is -0.375 e. The minimum atomic E-state index is 0.400. The number of fused-ring (bicyclic) bond motifs is 1. The Hall–Kier alpha value is -1.38. The Balaban J connectivity index is 1.63. The van der Waals surface area contributed by atoms with Crippen LogP contribution in [-0.2, 0) is 11.2 Å². The van der Waals surface area contributed by atoms with Crippen LogP contribution in [0.4, 0.5) is 0 Å². The second-order valence-corrected chi connectivity index (χ2v) is 5.71. The van der Waals surface area contributed by atoms with Gasteiger partial charge in [0, 0.05) is 0 Å². The Morgan fingerprint density at radius 3 is 2.55 bits per heavy atom. The third-order valence-corrected chi connectivity index (χ3v) is 4.30. The van der Waals surface area contributed by atoms with E-state index in [1.807, 2.05) is 0 Å². The maximum absolute atomic E-state index is 6.06. The van der Waals surface area contributed by atoms with Crippen LogP contribution in [0.5, 0.6) is 0 Å². The van der Waals surface area contributed by atoms with E-state index in [1.165, 1.54) is 29.2 Å². The van der Waals surface area contributed by atoms with Crippen LogP contribution in [0.25, 0.3) is 10.8 Å². The molecule has 1 saturated heterocycles. The molecule has 2 N–H and O–H groups in total. The fourth-order valence-electron chi connectivity index (χ4n) is 3.22. The molecule has 0 saturated carbocycles. The van der Waals surface area contributed by atoms with Gasteiger partial charge in [-0.2, -0.15) is 0 Å². The Kier molecular flexibility index (Phi) is 4.34. The summed E-state index contributed by atoms with van der Waals surface area (Å²) in [6, 6.07) is 15.2. The summed E-state index contributed by atoms with van der Waals surface area (Å²) in [7, 11) is 0. The maximum Gasteiger partial charge on any atom is 0.0591 e. The summed E-state index contributed by atoms with van der Waals surface area (Å²) in [4.78, 5) is 0.